The van der Waals surface area contributed by atoms with Crippen LogP contribution < -0.4 is 5.32 Å². The van der Waals surface area contributed by atoms with Crippen LogP contribution in [0.2, 0.25) is 0 Å². The van der Waals surface area contributed by atoms with Crippen LogP contribution in [0.15, 0.2) is 60.0 Å². The van der Waals surface area contributed by atoms with Crippen LogP contribution in [0.25, 0.3) is 11.3 Å². The third-order valence-electron chi connectivity index (χ3n) is 3.35. The Morgan fingerprint density at radius 1 is 1.00 bits per heavy atom. The van der Waals surface area contributed by atoms with E-state index in [4.69, 9.17) is 4.98 Å². The molecule has 0 atom stereocenters. The van der Waals surface area contributed by atoms with Crippen LogP contribution in [0, 0.1) is 0 Å². The molecule has 0 fully saturated rings. The first-order valence-electron chi connectivity index (χ1n) is 7.07. The van der Waals surface area contributed by atoms with Crippen molar-refractivity contribution in [2.75, 3.05) is 7.05 Å². The van der Waals surface area contributed by atoms with Gasteiger partial charge in [0, 0.05) is 23.9 Å². The van der Waals surface area contributed by atoms with E-state index >= 15 is 0 Å². The lowest BCUT2D eigenvalue weighted by Crippen LogP contribution is -2.05. The van der Waals surface area contributed by atoms with Crippen LogP contribution in [0.5, 0.6) is 0 Å². The zero-order chi connectivity index (χ0) is 14.5. The van der Waals surface area contributed by atoms with Gasteiger partial charge in [0.25, 0.3) is 0 Å². The lowest BCUT2D eigenvalue weighted by molar-refractivity contribution is 0.816. The van der Waals surface area contributed by atoms with E-state index in [2.05, 4.69) is 59.2 Å². The summed E-state index contributed by atoms with van der Waals surface area (Å²) in [6.45, 7) is 0.904. The predicted molar refractivity (Wildman–Crippen MR) is 89.6 cm³/mol. The molecule has 0 radical (unpaired) electrons. The van der Waals surface area contributed by atoms with Crippen LogP contribution in [0.1, 0.15) is 16.1 Å². The van der Waals surface area contributed by atoms with Gasteiger partial charge in [-0.2, -0.15) is 0 Å². The van der Waals surface area contributed by atoms with E-state index in [0.717, 1.165) is 23.7 Å². The largest absolute Gasteiger partial charge is 0.316 e. The Bertz CT molecular complexity index is 704. The summed E-state index contributed by atoms with van der Waals surface area (Å²) >= 11 is 1.73. The second kappa shape index (κ2) is 6.66. The highest BCUT2D eigenvalue weighted by atomic mass is 32.1. The van der Waals surface area contributed by atoms with E-state index < -0.39 is 0 Å². The van der Waals surface area contributed by atoms with Crippen molar-refractivity contribution >= 4 is 11.3 Å². The summed E-state index contributed by atoms with van der Waals surface area (Å²) in [7, 11) is 1.97. The van der Waals surface area contributed by atoms with E-state index in [1.807, 2.05) is 13.1 Å². The molecule has 3 rings (SSSR count). The topological polar surface area (TPSA) is 24.9 Å². The normalized spacial score (nSPS) is 10.7. The molecule has 106 valence electrons. The Kier molecular flexibility index (Phi) is 4.43. The molecule has 0 aliphatic carbocycles. The summed E-state index contributed by atoms with van der Waals surface area (Å²) < 4.78 is 0. The van der Waals surface area contributed by atoms with E-state index in [1.54, 1.807) is 11.3 Å². The van der Waals surface area contributed by atoms with E-state index in [1.165, 1.54) is 16.7 Å². The number of aromatic nitrogens is 1. The molecule has 0 saturated heterocycles. The Balaban J connectivity index is 1.77. The van der Waals surface area contributed by atoms with Gasteiger partial charge in [0.15, 0.2) is 0 Å². The summed E-state index contributed by atoms with van der Waals surface area (Å²) in [5.41, 5.74) is 4.89. The summed E-state index contributed by atoms with van der Waals surface area (Å²) in [5, 5.41) is 6.49. The number of benzene rings is 2. The van der Waals surface area contributed by atoms with E-state index in [-0.39, 0.29) is 0 Å². The number of rotatable bonds is 5. The molecular weight excluding hydrogens is 276 g/mol. The molecule has 21 heavy (non-hydrogen) atoms. The molecule has 0 aliphatic rings. The quantitative estimate of drug-likeness (QED) is 0.765. The first kappa shape index (κ1) is 14.0. The van der Waals surface area contributed by atoms with Gasteiger partial charge < -0.3 is 5.32 Å². The molecule has 1 aromatic heterocycles. The van der Waals surface area contributed by atoms with Crippen LogP contribution in [0.3, 0.4) is 0 Å². The SMILES string of the molecule is CNCc1cccc(Cc2nc(-c3ccccc3)cs2)c1. The summed E-state index contributed by atoms with van der Waals surface area (Å²) in [6.07, 6.45) is 0.898. The van der Waals surface area contributed by atoms with Gasteiger partial charge in [-0.1, -0.05) is 54.6 Å². The molecule has 0 bridgehead atoms. The van der Waals surface area contributed by atoms with Gasteiger partial charge in [-0.3, -0.25) is 0 Å². The smallest absolute Gasteiger partial charge is 0.0976 e. The van der Waals surface area contributed by atoms with Gasteiger partial charge in [0.05, 0.1) is 10.7 Å². The second-order valence-corrected chi connectivity index (χ2v) is 5.96. The molecule has 2 nitrogen and oxygen atoms in total. The maximum atomic E-state index is 4.75. The molecule has 1 N–H and O–H groups in total. The van der Waals surface area contributed by atoms with Crippen molar-refractivity contribution in [3.05, 3.63) is 76.1 Å². The van der Waals surface area contributed by atoms with Crippen molar-refractivity contribution in [2.24, 2.45) is 0 Å². The van der Waals surface area contributed by atoms with Gasteiger partial charge >= 0.3 is 0 Å². The summed E-state index contributed by atoms with van der Waals surface area (Å²) in [6, 6.07) is 19.0. The average Bonchev–Trinajstić information content (AvgIpc) is 2.97. The third kappa shape index (κ3) is 3.57. The number of nitrogens with one attached hydrogen (secondary N) is 1. The minimum Gasteiger partial charge on any atom is -0.316 e. The number of nitrogens with zero attached hydrogens (tertiary/aromatic N) is 1. The molecule has 0 amide bonds. The first-order valence-corrected chi connectivity index (χ1v) is 7.95. The molecule has 3 heteroatoms. The highest BCUT2D eigenvalue weighted by Crippen LogP contribution is 2.23. The van der Waals surface area contributed by atoms with Crippen LogP contribution >= 0.6 is 11.3 Å². The zero-order valence-corrected chi connectivity index (χ0v) is 12.9. The minimum atomic E-state index is 0.898. The van der Waals surface area contributed by atoms with Gasteiger partial charge in [-0.25, -0.2) is 4.98 Å². The predicted octanol–water partition coefficient (Wildman–Crippen LogP) is 4.12. The number of hydrogen-bond donors (Lipinski definition) is 1. The van der Waals surface area contributed by atoms with Crippen molar-refractivity contribution in [3.63, 3.8) is 0 Å². The van der Waals surface area contributed by atoms with Crippen LogP contribution in [-0.4, -0.2) is 12.0 Å². The fourth-order valence-electron chi connectivity index (χ4n) is 2.36. The Morgan fingerprint density at radius 3 is 2.62 bits per heavy atom. The molecule has 0 spiro atoms. The van der Waals surface area contributed by atoms with Crippen LogP contribution in [-0.2, 0) is 13.0 Å². The highest BCUT2D eigenvalue weighted by Gasteiger charge is 2.05. The number of thiazole rings is 1. The molecule has 3 aromatic rings. The van der Waals surface area contributed by atoms with E-state index in [9.17, 15) is 0 Å². The molecule has 0 unspecified atom stereocenters. The Hall–Kier alpha value is -1.97. The molecule has 1 heterocycles. The third-order valence-corrected chi connectivity index (χ3v) is 4.20. The highest BCUT2D eigenvalue weighted by molar-refractivity contribution is 7.10. The number of hydrogen-bond acceptors (Lipinski definition) is 3. The van der Waals surface area contributed by atoms with Gasteiger partial charge in [-0.05, 0) is 18.2 Å². The summed E-state index contributed by atoms with van der Waals surface area (Å²) in [5.74, 6) is 0. The first-order chi connectivity index (χ1) is 10.3. The van der Waals surface area contributed by atoms with E-state index in [0.29, 0.717) is 0 Å². The monoisotopic (exact) mass is 294 g/mol. The van der Waals surface area contributed by atoms with Gasteiger partial charge in [-0.15, -0.1) is 11.3 Å². The lowest BCUT2D eigenvalue weighted by Gasteiger charge is -2.03. The average molecular weight is 294 g/mol. The van der Waals surface area contributed by atoms with Gasteiger partial charge in [0.1, 0.15) is 0 Å². The van der Waals surface area contributed by atoms with Crippen molar-refractivity contribution in [2.45, 2.75) is 13.0 Å². The Labute approximate surface area is 129 Å². The summed E-state index contributed by atoms with van der Waals surface area (Å²) in [4.78, 5) is 4.75. The van der Waals surface area contributed by atoms with Crippen molar-refractivity contribution in [1.29, 1.82) is 0 Å². The molecule has 0 aliphatic heterocycles. The van der Waals surface area contributed by atoms with Crippen molar-refractivity contribution in [3.8, 4) is 11.3 Å². The molecule has 0 saturated carbocycles. The molecule has 2 aromatic carbocycles. The fourth-order valence-corrected chi connectivity index (χ4v) is 3.20. The van der Waals surface area contributed by atoms with Gasteiger partial charge in [0.2, 0.25) is 0 Å². The maximum Gasteiger partial charge on any atom is 0.0976 e. The van der Waals surface area contributed by atoms with Crippen molar-refractivity contribution in [1.82, 2.24) is 10.3 Å². The zero-order valence-electron chi connectivity index (χ0n) is 12.0. The van der Waals surface area contributed by atoms with Crippen molar-refractivity contribution < 1.29 is 0 Å². The molecular formula is C18H18N2S. The fraction of sp³-hybridized carbons (Fsp3) is 0.167. The standard InChI is InChI=1S/C18H18N2S/c1-19-12-15-7-5-6-14(10-15)11-18-20-17(13-21-18)16-8-3-2-4-9-16/h2-10,13,19H,11-12H2,1H3. The second-order valence-electron chi connectivity index (χ2n) is 5.02. The minimum absolute atomic E-state index is 0.898. The maximum absolute atomic E-state index is 4.75. The Morgan fingerprint density at radius 2 is 1.81 bits per heavy atom. The van der Waals surface area contributed by atoms with Crippen LogP contribution in [0.4, 0.5) is 0 Å². The lowest BCUT2D eigenvalue weighted by atomic mass is 10.1.